The van der Waals surface area contributed by atoms with Crippen molar-refractivity contribution in [3.63, 3.8) is 0 Å². The zero-order chi connectivity index (χ0) is 53.2. The minimum Gasteiger partial charge on any atom is -0.457 e. The molecule has 7 aromatic carbocycles. The zero-order valence-corrected chi connectivity index (χ0v) is 46.9. The van der Waals surface area contributed by atoms with Crippen LogP contribution in [0.25, 0.3) is 38.8 Å². The van der Waals surface area contributed by atoms with Crippen molar-refractivity contribution in [3.8, 4) is 28.4 Å². The van der Waals surface area contributed by atoms with Crippen molar-refractivity contribution in [2.75, 3.05) is 16.5 Å². The lowest BCUT2D eigenvalue weighted by molar-refractivity contribution is 0.483. The maximum absolute atomic E-state index is 7.27. The monoisotopic (exact) mass is 989 g/mol. The molecule has 0 saturated heterocycles. The van der Waals surface area contributed by atoms with Gasteiger partial charge in [0, 0.05) is 68.6 Å². The van der Waals surface area contributed by atoms with E-state index >= 15 is 0 Å². The lowest BCUT2D eigenvalue weighted by Gasteiger charge is -2.32. The van der Waals surface area contributed by atoms with Gasteiger partial charge < -0.3 is 14.5 Å². The van der Waals surface area contributed by atoms with E-state index in [1.165, 1.54) is 61.3 Å². The largest absolute Gasteiger partial charge is 0.457 e. The molecule has 5 heteroatoms. The molecule has 3 heterocycles. The van der Waals surface area contributed by atoms with Gasteiger partial charge in [-0.2, -0.15) is 0 Å². The third-order valence-corrected chi connectivity index (χ3v) is 15.9. The maximum atomic E-state index is 7.27. The molecular formula is C70H76N4O. The lowest BCUT2D eigenvalue weighted by Crippen LogP contribution is -2.30. The summed E-state index contributed by atoms with van der Waals surface area (Å²) in [6.45, 7) is 33.0. The first-order valence-electron chi connectivity index (χ1n) is 27.1. The van der Waals surface area contributed by atoms with E-state index in [0.29, 0.717) is 18.5 Å². The van der Waals surface area contributed by atoms with E-state index in [0.717, 1.165) is 45.0 Å². The summed E-state index contributed by atoms with van der Waals surface area (Å²) in [6, 6.07) is 62.5. The van der Waals surface area contributed by atoms with Crippen LogP contribution in [0.5, 0.6) is 11.5 Å². The Kier molecular flexibility index (Phi) is 13.2. The van der Waals surface area contributed by atoms with Crippen molar-refractivity contribution >= 4 is 33.2 Å². The standard InChI is InChI=1S/C70H76N4O/c1-46(2)58-29-22-30-59(47(3)4)66(58)48-37-55(72-44-64(68(8,9)10)73(45-72)54-28-21-27-51(39-54)67(5,6)7)42-57(38-48)75-56-32-33-60-61-40-52(69(11,12)49-23-17-15-18-24-49)31-34-62(61)74(63(60)43-56)65-41-53(35-36-71-65)70(13,14)50-25-19-16-20-26-50/h15-44,46-47H,45H2,1-14H3. The Morgan fingerprint density at radius 1 is 0.467 bits per heavy atom. The van der Waals surface area contributed by atoms with Gasteiger partial charge in [-0.15, -0.1) is 0 Å². The molecular weight excluding hydrogens is 913 g/mol. The van der Waals surface area contributed by atoms with Crippen LogP contribution < -0.4 is 14.5 Å². The summed E-state index contributed by atoms with van der Waals surface area (Å²) in [4.78, 5) is 10.1. The molecule has 9 aromatic rings. The van der Waals surface area contributed by atoms with Gasteiger partial charge in [-0.25, -0.2) is 4.98 Å². The number of pyridine rings is 1. The smallest absolute Gasteiger partial charge is 0.137 e. The lowest BCUT2D eigenvalue weighted by atomic mass is 9.78. The highest BCUT2D eigenvalue weighted by molar-refractivity contribution is 6.10. The van der Waals surface area contributed by atoms with E-state index < -0.39 is 0 Å². The van der Waals surface area contributed by atoms with Crippen LogP contribution in [-0.2, 0) is 16.2 Å². The van der Waals surface area contributed by atoms with Crippen molar-refractivity contribution in [1.29, 1.82) is 0 Å². The molecule has 0 saturated carbocycles. The third kappa shape index (κ3) is 9.79. The fourth-order valence-electron chi connectivity index (χ4n) is 11.2. The first kappa shape index (κ1) is 51.1. The fraction of sp³-hybridized carbons (Fsp3) is 0.300. The van der Waals surface area contributed by atoms with Crippen molar-refractivity contribution in [2.24, 2.45) is 5.41 Å². The molecule has 10 rings (SSSR count). The van der Waals surface area contributed by atoms with E-state index in [-0.39, 0.29) is 21.7 Å². The second-order valence-corrected chi connectivity index (χ2v) is 24.7. The van der Waals surface area contributed by atoms with Gasteiger partial charge in [0.15, 0.2) is 0 Å². The number of hydrogen-bond acceptors (Lipinski definition) is 4. The van der Waals surface area contributed by atoms with Crippen LogP contribution in [-0.4, -0.2) is 16.2 Å². The molecule has 0 fully saturated rings. The van der Waals surface area contributed by atoms with Crippen LogP contribution in [0.2, 0.25) is 0 Å². The van der Waals surface area contributed by atoms with E-state index in [9.17, 15) is 0 Å². The molecule has 0 amide bonds. The molecule has 0 aliphatic carbocycles. The number of nitrogens with zero attached hydrogens (tertiary/aromatic N) is 4. The molecule has 0 spiro atoms. The summed E-state index contributed by atoms with van der Waals surface area (Å²) in [5.74, 6) is 3.06. The highest BCUT2D eigenvalue weighted by Crippen LogP contribution is 2.46. The minimum absolute atomic E-state index is 0.0268. The predicted molar refractivity (Wildman–Crippen MR) is 318 cm³/mol. The summed E-state index contributed by atoms with van der Waals surface area (Å²) in [5.41, 5.74) is 16.5. The second kappa shape index (κ2) is 19.4. The molecule has 0 bridgehead atoms. The van der Waals surface area contributed by atoms with Crippen molar-refractivity contribution in [1.82, 2.24) is 9.55 Å². The Hall–Kier alpha value is -7.37. The molecule has 0 atom stereocenters. The molecule has 2 aromatic heterocycles. The predicted octanol–water partition coefficient (Wildman–Crippen LogP) is 19.0. The Balaban J connectivity index is 1.14. The summed E-state index contributed by atoms with van der Waals surface area (Å²) in [5, 5.41) is 2.32. The summed E-state index contributed by atoms with van der Waals surface area (Å²) in [6.07, 6.45) is 4.33. The topological polar surface area (TPSA) is 33.5 Å². The van der Waals surface area contributed by atoms with E-state index in [2.05, 4.69) is 287 Å². The third-order valence-electron chi connectivity index (χ3n) is 15.9. The molecule has 1 aliphatic heterocycles. The van der Waals surface area contributed by atoms with Crippen molar-refractivity contribution in [2.45, 2.75) is 125 Å². The number of fused-ring (bicyclic) bond motifs is 3. The van der Waals surface area contributed by atoms with Crippen LogP contribution in [0.1, 0.15) is 148 Å². The molecule has 5 nitrogen and oxygen atoms in total. The van der Waals surface area contributed by atoms with Gasteiger partial charge in [-0.1, -0.05) is 194 Å². The van der Waals surface area contributed by atoms with Crippen LogP contribution >= 0.6 is 0 Å². The van der Waals surface area contributed by atoms with Crippen molar-refractivity contribution < 1.29 is 4.74 Å². The summed E-state index contributed by atoms with van der Waals surface area (Å²) >= 11 is 0. The Morgan fingerprint density at radius 2 is 1.08 bits per heavy atom. The van der Waals surface area contributed by atoms with Crippen LogP contribution in [0.3, 0.4) is 0 Å². The number of anilines is 2. The van der Waals surface area contributed by atoms with Gasteiger partial charge in [0.05, 0.1) is 17.7 Å². The molecule has 0 N–H and O–H groups in total. The number of allylic oxidation sites excluding steroid dienone is 1. The van der Waals surface area contributed by atoms with E-state index in [4.69, 9.17) is 9.72 Å². The van der Waals surface area contributed by atoms with Gasteiger partial charge >= 0.3 is 0 Å². The van der Waals surface area contributed by atoms with E-state index in [1.807, 2.05) is 6.20 Å². The van der Waals surface area contributed by atoms with Gasteiger partial charge in [-0.05, 0) is 128 Å². The molecule has 75 heavy (non-hydrogen) atoms. The van der Waals surface area contributed by atoms with Crippen LogP contribution in [0.4, 0.5) is 11.4 Å². The summed E-state index contributed by atoms with van der Waals surface area (Å²) < 4.78 is 9.61. The molecule has 382 valence electrons. The van der Waals surface area contributed by atoms with Gasteiger partial charge in [0.2, 0.25) is 0 Å². The average molecular weight is 989 g/mol. The van der Waals surface area contributed by atoms with E-state index in [1.54, 1.807) is 0 Å². The van der Waals surface area contributed by atoms with Crippen molar-refractivity contribution in [3.05, 3.63) is 227 Å². The number of rotatable bonds is 12. The Labute approximate surface area is 447 Å². The van der Waals surface area contributed by atoms with Gasteiger partial charge in [-0.3, -0.25) is 4.57 Å². The number of benzene rings is 7. The van der Waals surface area contributed by atoms with Crippen LogP contribution in [0.15, 0.2) is 188 Å². The average Bonchev–Trinajstić information content (AvgIpc) is 4.00. The Morgan fingerprint density at radius 3 is 1.69 bits per heavy atom. The number of aromatic nitrogens is 2. The van der Waals surface area contributed by atoms with Gasteiger partial charge in [0.25, 0.3) is 0 Å². The normalized spacial score (nSPS) is 13.7. The minimum atomic E-state index is -0.253. The highest BCUT2D eigenvalue weighted by atomic mass is 16.5. The SMILES string of the molecule is CC(C)c1cccc(C(C)C)c1-c1cc(Oc2ccc3c4cc(C(C)(C)c5ccccc5)ccc4n(-c4cc(C(C)(C)c5ccccc5)ccn4)c3c2)cc(N2C=C(C(C)(C)C)N(c3cccc(C(C)(C)C)c3)C2)c1. The first-order valence-corrected chi connectivity index (χ1v) is 27.1. The molecule has 0 unspecified atom stereocenters. The molecule has 0 radical (unpaired) electrons. The quantitative estimate of drug-likeness (QED) is 0.122. The maximum Gasteiger partial charge on any atom is 0.137 e. The number of hydrogen-bond donors (Lipinski definition) is 0. The fourth-order valence-corrected chi connectivity index (χ4v) is 11.2. The Bertz CT molecular complexity index is 3550. The first-order chi connectivity index (χ1) is 35.6. The highest BCUT2D eigenvalue weighted by Gasteiger charge is 2.33. The summed E-state index contributed by atoms with van der Waals surface area (Å²) in [7, 11) is 0. The van der Waals surface area contributed by atoms with Gasteiger partial charge in [0.1, 0.15) is 17.3 Å². The van der Waals surface area contributed by atoms with Crippen LogP contribution in [0, 0.1) is 5.41 Å². The zero-order valence-electron chi connectivity index (χ0n) is 46.9. The second-order valence-electron chi connectivity index (χ2n) is 24.7. The number of ether oxygens (including phenoxy) is 1. The molecule has 1 aliphatic rings.